The Balaban J connectivity index is 2.69. The summed E-state index contributed by atoms with van der Waals surface area (Å²) in [6.07, 6.45) is 1.15. The summed E-state index contributed by atoms with van der Waals surface area (Å²) in [6, 6.07) is 10.3. The van der Waals surface area contributed by atoms with Gasteiger partial charge < -0.3 is 0 Å². The van der Waals surface area contributed by atoms with Crippen LogP contribution in [0.4, 0.5) is 0 Å². The summed E-state index contributed by atoms with van der Waals surface area (Å²) in [5.41, 5.74) is 1.50. The maximum Gasteiger partial charge on any atom is 0.0783 e. The van der Waals surface area contributed by atoms with E-state index in [0.717, 1.165) is 16.2 Å². The van der Waals surface area contributed by atoms with Crippen LogP contribution in [0.25, 0.3) is 0 Å². The minimum atomic E-state index is 0.186. The molecule has 0 nitrogen and oxygen atoms in total. The van der Waals surface area contributed by atoms with Gasteiger partial charge >= 0.3 is 0 Å². The molecule has 0 amide bonds. The van der Waals surface area contributed by atoms with E-state index in [4.69, 9.17) is 12.2 Å². The largest absolute Gasteiger partial charge is 0.108 e. The van der Waals surface area contributed by atoms with Crippen LogP contribution in [-0.4, -0.2) is 8.94 Å². The fourth-order valence-electron chi connectivity index (χ4n) is 2.20. The van der Waals surface area contributed by atoms with Gasteiger partial charge in [-0.3, -0.25) is 0 Å². The van der Waals surface area contributed by atoms with E-state index in [-0.39, 0.29) is 4.75 Å². The second-order valence-electron chi connectivity index (χ2n) is 6.25. The van der Waals surface area contributed by atoms with Crippen LogP contribution < -0.4 is 0 Å². The summed E-state index contributed by atoms with van der Waals surface area (Å²) in [5, 5.41) is 0. The van der Waals surface area contributed by atoms with Crippen molar-refractivity contribution in [2.45, 2.75) is 45.8 Å². The molecule has 1 aromatic rings. The van der Waals surface area contributed by atoms with E-state index in [1.807, 2.05) is 30.0 Å². The molecule has 0 aliphatic carbocycles. The van der Waals surface area contributed by atoms with Crippen molar-refractivity contribution in [1.29, 1.82) is 0 Å². The van der Waals surface area contributed by atoms with Crippen LogP contribution in [0.2, 0.25) is 0 Å². The molecule has 0 aliphatic heterocycles. The van der Waals surface area contributed by atoms with E-state index in [1.165, 1.54) is 0 Å². The first kappa shape index (κ1) is 14.7. The van der Waals surface area contributed by atoms with E-state index in [0.29, 0.717) is 5.41 Å². The Kier molecular flexibility index (Phi) is 4.79. The fraction of sp³-hybridized carbons (Fsp3) is 0.533. The van der Waals surface area contributed by atoms with Gasteiger partial charge in [0.05, 0.1) is 4.20 Å². The van der Waals surface area contributed by atoms with E-state index < -0.39 is 0 Å². The van der Waals surface area contributed by atoms with Gasteiger partial charge in [-0.2, -0.15) is 0 Å². The maximum atomic E-state index is 5.52. The van der Waals surface area contributed by atoms with E-state index in [9.17, 15) is 0 Å². The molecule has 0 aliphatic rings. The normalized spacial score (nSPS) is 12.5. The van der Waals surface area contributed by atoms with E-state index >= 15 is 0 Å². The number of thioether (sulfide) groups is 1. The second-order valence-corrected chi connectivity index (χ2v) is 8.64. The summed E-state index contributed by atoms with van der Waals surface area (Å²) in [7, 11) is 0. The molecule has 17 heavy (non-hydrogen) atoms. The standard InChI is InChI=1S/C15H22S2/c1-14(2,3)11-15(4,5)17-13(16)12-9-7-6-8-10-12/h6-10H,11H2,1-5H3. The average Bonchev–Trinajstić information content (AvgIpc) is 2.14. The van der Waals surface area contributed by atoms with Crippen molar-refractivity contribution in [2.24, 2.45) is 5.41 Å². The molecule has 0 heterocycles. The van der Waals surface area contributed by atoms with Crippen molar-refractivity contribution in [3.8, 4) is 0 Å². The van der Waals surface area contributed by atoms with Gasteiger partial charge in [-0.1, -0.05) is 77.2 Å². The molecule has 1 rings (SSSR count). The van der Waals surface area contributed by atoms with Gasteiger partial charge in [0.25, 0.3) is 0 Å². The first-order valence-electron chi connectivity index (χ1n) is 5.98. The van der Waals surface area contributed by atoms with Crippen LogP contribution in [0, 0.1) is 5.41 Å². The molecule has 0 atom stereocenters. The minimum absolute atomic E-state index is 0.186. The monoisotopic (exact) mass is 266 g/mol. The number of hydrogen-bond acceptors (Lipinski definition) is 2. The van der Waals surface area contributed by atoms with Gasteiger partial charge in [0.2, 0.25) is 0 Å². The molecule has 0 bridgehead atoms. The van der Waals surface area contributed by atoms with Crippen molar-refractivity contribution < 1.29 is 0 Å². The maximum absolute atomic E-state index is 5.52. The molecule has 94 valence electrons. The lowest BCUT2D eigenvalue weighted by Crippen LogP contribution is -2.25. The molecule has 0 spiro atoms. The van der Waals surface area contributed by atoms with Gasteiger partial charge in [-0.05, 0) is 17.4 Å². The van der Waals surface area contributed by atoms with Crippen molar-refractivity contribution >= 4 is 28.2 Å². The van der Waals surface area contributed by atoms with Gasteiger partial charge in [0, 0.05) is 4.75 Å². The third-order valence-corrected chi connectivity index (χ3v) is 3.94. The van der Waals surface area contributed by atoms with Crippen LogP contribution >= 0.6 is 24.0 Å². The highest BCUT2D eigenvalue weighted by molar-refractivity contribution is 8.24. The Hall–Kier alpha value is -0.340. The number of thiocarbonyl (C=S) groups is 1. The number of benzene rings is 1. The van der Waals surface area contributed by atoms with Crippen molar-refractivity contribution in [2.75, 3.05) is 0 Å². The van der Waals surface area contributed by atoms with Crippen molar-refractivity contribution in [3.63, 3.8) is 0 Å². The lowest BCUT2D eigenvalue weighted by atomic mass is 9.86. The fourth-order valence-corrected chi connectivity index (χ4v) is 4.27. The van der Waals surface area contributed by atoms with Crippen molar-refractivity contribution in [3.05, 3.63) is 35.9 Å². The highest BCUT2D eigenvalue weighted by Gasteiger charge is 2.27. The Morgan fingerprint density at radius 3 is 2.06 bits per heavy atom. The average molecular weight is 266 g/mol. The highest BCUT2D eigenvalue weighted by atomic mass is 32.2. The Morgan fingerprint density at radius 2 is 1.59 bits per heavy atom. The minimum Gasteiger partial charge on any atom is -0.108 e. The molecule has 2 heteroatoms. The van der Waals surface area contributed by atoms with Gasteiger partial charge in [0.1, 0.15) is 0 Å². The zero-order chi connectivity index (χ0) is 13.1. The predicted octanol–water partition coefficient (Wildman–Crippen LogP) is 5.31. The molecular weight excluding hydrogens is 244 g/mol. The summed E-state index contributed by atoms with van der Waals surface area (Å²) in [4.78, 5) is 0. The van der Waals surface area contributed by atoms with Crippen molar-refractivity contribution in [1.82, 2.24) is 0 Å². The van der Waals surface area contributed by atoms with E-state index in [1.54, 1.807) is 0 Å². The smallest absolute Gasteiger partial charge is 0.0783 e. The molecule has 0 N–H and O–H groups in total. The lowest BCUT2D eigenvalue weighted by Gasteiger charge is -2.32. The molecular formula is C15H22S2. The quantitative estimate of drug-likeness (QED) is 0.680. The first-order chi connectivity index (χ1) is 7.70. The SMILES string of the molecule is CC(C)(C)CC(C)(C)SC(=S)c1ccccc1. The zero-order valence-corrected chi connectivity index (χ0v) is 13.0. The number of hydrogen-bond donors (Lipinski definition) is 0. The molecule has 0 saturated heterocycles. The molecule has 0 unspecified atom stereocenters. The molecule has 1 aromatic carbocycles. The van der Waals surface area contributed by atoms with Gasteiger partial charge in [-0.15, -0.1) is 11.8 Å². The second kappa shape index (κ2) is 5.53. The Labute approximate surface area is 115 Å². The van der Waals surface area contributed by atoms with Crippen LogP contribution in [0.1, 0.15) is 46.6 Å². The molecule has 0 aromatic heterocycles. The third kappa shape index (κ3) is 5.69. The molecule has 0 saturated carbocycles. The van der Waals surface area contributed by atoms with Crippen LogP contribution in [0.15, 0.2) is 30.3 Å². The van der Waals surface area contributed by atoms with Crippen LogP contribution in [0.3, 0.4) is 0 Å². The highest BCUT2D eigenvalue weighted by Crippen LogP contribution is 2.38. The summed E-state index contributed by atoms with van der Waals surface area (Å²) >= 11 is 7.33. The summed E-state index contributed by atoms with van der Waals surface area (Å²) < 4.78 is 1.19. The lowest BCUT2D eigenvalue weighted by molar-refractivity contribution is 0.340. The Morgan fingerprint density at radius 1 is 1.06 bits per heavy atom. The summed E-state index contributed by atoms with van der Waals surface area (Å²) in [5.74, 6) is 0. The van der Waals surface area contributed by atoms with Crippen LogP contribution in [0.5, 0.6) is 0 Å². The van der Waals surface area contributed by atoms with Gasteiger partial charge in [0.15, 0.2) is 0 Å². The predicted molar refractivity (Wildman–Crippen MR) is 83.9 cm³/mol. The van der Waals surface area contributed by atoms with Crippen LogP contribution in [-0.2, 0) is 0 Å². The Bertz CT molecular complexity index is 372. The summed E-state index contributed by atoms with van der Waals surface area (Å²) in [6.45, 7) is 11.4. The first-order valence-corrected chi connectivity index (χ1v) is 7.20. The molecule has 0 fully saturated rings. The molecule has 0 radical (unpaired) electrons. The topological polar surface area (TPSA) is 0 Å². The third-order valence-electron chi connectivity index (χ3n) is 2.33. The zero-order valence-electron chi connectivity index (χ0n) is 11.4. The van der Waals surface area contributed by atoms with Gasteiger partial charge in [-0.25, -0.2) is 0 Å². The van der Waals surface area contributed by atoms with E-state index in [2.05, 4.69) is 46.8 Å². The number of rotatable bonds is 3.